The maximum Gasteiger partial charge on any atom is 0.253 e. The number of amides is 1. The molecule has 0 unspecified atom stereocenters. The van der Waals surface area contributed by atoms with Gasteiger partial charge in [-0.3, -0.25) is 9.79 Å². The van der Waals surface area contributed by atoms with E-state index in [0.717, 1.165) is 18.4 Å². The SMILES string of the molecule is CCCCS(=O)(=O)N1C[C@@H]2CC[C@]3(N=C(c4ccccc4)NC3=O)[C@@H]2C1. The van der Waals surface area contributed by atoms with Gasteiger partial charge in [-0.2, -0.15) is 0 Å². The van der Waals surface area contributed by atoms with Gasteiger partial charge in [0.15, 0.2) is 0 Å². The first-order chi connectivity index (χ1) is 12.5. The van der Waals surface area contributed by atoms with Crippen LogP contribution in [0.4, 0.5) is 0 Å². The lowest BCUT2D eigenvalue weighted by atomic mass is 9.85. The zero-order chi connectivity index (χ0) is 18.4. The summed E-state index contributed by atoms with van der Waals surface area (Å²) in [7, 11) is -3.24. The summed E-state index contributed by atoms with van der Waals surface area (Å²) in [5.41, 5.74) is 0.0943. The molecule has 26 heavy (non-hydrogen) atoms. The summed E-state index contributed by atoms with van der Waals surface area (Å²) in [4.78, 5) is 17.7. The molecule has 1 aliphatic carbocycles. The molecular weight excluding hydrogens is 350 g/mol. The van der Waals surface area contributed by atoms with Crippen LogP contribution in [0.3, 0.4) is 0 Å². The van der Waals surface area contributed by atoms with Crippen LogP contribution in [0.1, 0.15) is 38.2 Å². The Balaban J connectivity index is 1.59. The second kappa shape index (κ2) is 6.46. The maximum absolute atomic E-state index is 12.9. The Morgan fingerprint density at radius 3 is 2.77 bits per heavy atom. The molecule has 1 aromatic carbocycles. The van der Waals surface area contributed by atoms with Gasteiger partial charge >= 0.3 is 0 Å². The predicted octanol–water partition coefficient (Wildman–Crippen LogP) is 1.77. The fourth-order valence-electron chi connectivity index (χ4n) is 4.59. The standard InChI is InChI=1S/C19H25N3O3S/c1-2-3-11-26(24,25)22-12-15-9-10-19(16(15)13-22)18(23)20-17(21-19)14-7-5-4-6-8-14/h4-8,15-16H,2-3,9-13H2,1H3,(H,20,21,23)/t15-,16+,19-/m0/s1. The maximum atomic E-state index is 12.9. The van der Waals surface area contributed by atoms with Crippen LogP contribution in [0.5, 0.6) is 0 Å². The summed E-state index contributed by atoms with van der Waals surface area (Å²) in [5.74, 6) is 0.928. The van der Waals surface area contributed by atoms with Gasteiger partial charge in [0.2, 0.25) is 10.0 Å². The molecule has 1 saturated carbocycles. The van der Waals surface area contributed by atoms with E-state index in [1.54, 1.807) is 4.31 Å². The fourth-order valence-corrected chi connectivity index (χ4v) is 6.30. The molecule has 7 heteroatoms. The quantitative estimate of drug-likeness (QED) is 0.852. The van der Waals surface area contributed by atoms with Crippen LogP contribution in [0.15, 0.2) is 35.3 Å². The molecule has 1 spiro atoms. The Morgan fingerprint density at radius 1 is 1.27 bits per heavy atom. The number of nitrogens with one attached hydrogen (secondary N) is 1. The number of carbonyl (C=O) groups is 1. The number of hydrogen-bond acceptors (Lipinski definition) is 4. The molecule has 0 radical (unpaired) electrons. The second-order valence-corrected chi connectivity index (χ2v) is 9.69. The van der Waals surface area contributed by atoms with Gasteiger partial charge in [-0.25, -0.2) is 12.7 Å². The van der Waals surface area contributed by atoms with Crippen LogP contribution in [0.2, 0.25) is 0 Å². The average molecular weight is 375 g/mol. The smallest absolute Gasteiger partial charge is 0.253 e. The predicted molar refractivity (Wildman–Crippen MR) is 100 cm³/mol. The molecule has 1 amide bonds. The lowest BCUT2D eigenvalue weighted by Crippen LogP contribution is -2.45. The molecule has 3 aliphatic rings. The monoisotopic (exact) mass is 375 g/mol. The van der Waals surface area contributed by atoms with Crippen molar-refractivity contribution in [2.45, 2.75) is 38.1 Å². The van der Waals surface area contributed by atoms with Crippen LogP contribution in [-0.2, 0) is 14.8 Å². The third kappa shape index (κ3) is 2.77. The van der Waals surface area contributed by atoms with E-state index < -0.39 is 15.6 Å². The third-order valence-corrected chi connectivity index (χ3v) is 7.94. The van der Waals surface area contributed by atoms with Gasteiger partial charge in [0.25, 0.3) is 5.91 Å². The van der Waals surface area contributed by atoms with Gasteiger partial charge < -0.3 is 5.32 Å². The molecule has 140 valence electrons. The summed E-state index contributed by atoms with van der Waals surface area (Å²) in [6.45, 7) is 2.93. The highest BCUT2D eigenvalue weighted by Gasteiger charge is 2.60. The molecule has 4 rings (SSSR count). The van der Waals surface area contributed by atoms with Crippen molar-refractivity contribution < 1.29 is 13.2 Å². The van der Waals surface area contributed by atoms with Crippen LogP contribution in [0, 0.1) is 11.8 Å². The molecule has 3 atom stereocenters. The number of carbonyl (C=O) groups excluding carboxylic acids is 1. The fraction of sp³-hybridized carbons (Fsp3) is 0.579. The number of fused-ring (bicyclic) bond motifs is 2. The van der Waals surface area contributed by atoms with Crippen molar-refractivity contribution in [1.82, 2.24) is 9.62 Å². The molecule has 2 heterocycles. The van der Waals surface area contributed by atoms with E-state index in [0.29, 0.717) is 31.8 Å². The van der Waals surface area contributed by atoms with E-state index in [-0.39, 0.29) is 23.5 Å². The Hall–Kier alpha value is -1.73. The summed E-state index contributed by atoms with van der Waals surface area (Å²) in [6, 6.07) is 9.63. The molecule has 0 aromatic heterocycles. The molecule has 2 aliphatic heterocycles. The normalized spacial score (nSPS) is 31.3. The number of nitrogens with zero attached hydrogens (tertiary/aromatic N) is 2. The Morgan fingerprint density at radius 2 is 2.04 bits per heavy atom. The van der Waals surface area contributed by atoms with Crippen LogP contribution in [0.25, 0.3) is 0 Å². The van der Waals surface area contributed by atoms with Gasteiger partial charge in [0, 0.05) is 24.6 Å². The van der Waals surface area contributed by atoms with Crippen molar-refractivity contribution in [3.8, 4) is 0 Å². The minimum absolute atomic E-state index is 0.0277. The van der Waals surface area contributed by atoms with Crippen LogP contribution < -0.4 is 5.32 Å². The van der Waals surface area contributed by atoms with Crippen molar-refractivity contribution in [3.05, 3.63) is 35.9 Å². The van der Waals surface area contributed by atoms with Crippen molar-refractivity contribution in [2.24, 2.45) is 16.8 Å². The number of sulfonamides is 1. The second-order valence-electron chi connectivity index (χ2n) is 7.60. The highest BCUT2D eigenvalue weighted by atomic mass is 32.2. The van der Waals surface area contributed by atoms with E-state index in [1.807, 2.05) is 37.3 Å². The molecule has 6 nitrogen and oxygen atoms in total. The van der Waals surface area contributed by atoms with Crippen LogP contribution >= 0.6 is 0 Å². The summed E-state index contributed by atoms with van der Waals surface area (Å²) in [5, 5.41) is 2.95. The van der Waals surface area contributed by atoms with Gasteiger partial charge in [0.1, 0.15) is 11.4 Å². The lowest BCUT2D eigenvalue weighted by molar-refractivity contribution is -0.124. The first-order valence-electron chi connectivity index (χ1n) is 9.41. The Labute approximate surface area is 154 Å². The molecule has 2 fully saturated rings. The number of benzene rings is 1. The van der Waals surface area contributed by atoms with E-state index in [1.165, 1.54) is 0 Å². The summed E-state index contributed by atoms with van der Waals surface area (Å²) >= 11 is 0. The van der Waals surface area contributed by atoms with Crippen molar-refractivity contribution in [2.75, 3.05) is 18.8 Å². The summed E-state index contributed by atoms with van der Waals surface area (Å²) in [6.07, 6.45) is 3.09. The number of aliphatic imine (C=N–C) groups is 1. The lowest BCUT2D eigenvalue weighted by Gasteiger charge is -2.25. The van der Waals surface area contributed by atoms with Crippen molar-refractivity contribution >= 4 is 21.8 Å². The Bertz CT molecular complexity index is 837. The van der Waals surface area contributed by atoms with E-state index in [9.17, 15) is 13.2 Å². The van der Waals surface area contributed by atoms with Gasteiger partial charge in [-0.15, -0.1) is 0 Å². The molecule has 0 bridgehead atoms. The number of rotatable bonds is 5. The van der Waals surface area contributed by atoms with Gasteiger partial charge in [0.05, 0.1) is 5.75 Å². The van der Waals surface area contributed by atoms with E-state index >= 15 is 0 Å². The highest BCUT2D eigenvalue weighted by Crippen LogP contribution is 2.49. The average Bonchev–Trinajstić information content (AvgIpc) is 3.30. The number of hydrogen-bond donors (Lipinski definition) is 1. The molecular formula is C19H25N3O3S. The van der Waals surface area contributed by atoms with E-state index in [4.69, 9.17) is 4.99 Å². The van der Waals surface area contributed by atoms with E-state index in [2.05, 4.69) is 5.32 Å². The number of amidine groups is 1. The molecule has 1 N–H and O–H groups in total. The van der Waals surface area contributed by atoms with Crippen molar-refractivity contribution in [1.29, 1.82) is 0 Å². The van der Waals surface area contributed by atoms with Crippen LogP contribution in [-0.4, -0.2) is 48.8 Å². The zero-order valence-corrected chi connectivity index (χ0v) is 15.8. The minimum Gasteiger partial charge on any atom is -0.308 e. The van der Waals surface area contributed by atoms with Crippen molar-refractivity contribution in [3.63, 3.8) is 0 Å². The number of unbranched alkanes of at least 4 members (excludes halogenated alkanes) is 1. The van der Waals surface area contributed by atoms with Gasteiger partial charge in [-0.1, -0.05) is 43.7 Å². The molecule has 1 saturated heterocycles. The Kier molecular flexibility index (Phi) is 4.39. The summed E-state index contributed by atoms with van der Waals surface area (Å²) < 4.78 is 26.8. The first kappa shape index (κ1) is 17.7. The first-order valence-corrected chi connectivity index (χ1v) is 11.0. The topological polar surface area (TPSA) is 78.8 Å². The minimum atomic E-state index is -3.24. The van der Waals surface area contributed by atoms with Gasteiger partial charge in [-0.05, 0) is 25.2 Å². The third-order valence-electron chi connectivity index (χ3n) is 6.05. The molecule has 1 aromatic rings. The largest absolute Gasteiger partial charge is 0.308 e. The zero-order valence-electron chi connectivity index (χ0n) is 15.0. The highest BCUT2D eigenvalue weighted by molar-refractivity contribution is 7.89.